The first kappa shape index (κ1) is 14.0. The fourth-order valence-electron chi connectivity index (χ4n) is 5.59. The van der Waals surface area contributed by atoms with Crippen LogP contribution in [0.5, 0.6) is 0 Å². The van der Waals surface area contributed by atoms with Crippen LogP contribution in [0.15, 0.2) is 0 Å². The molecule has 2 heterocycles. The molecule has 0 aromatic heterocycles. The number of carboxylic acids is 1. The lowest BCUT2D eigenvalue weighted by Crippen LogP contribution is -2.43. The highest BCUT2D eigenvalue weighted by Gasteiger charge is 2.49. The van der Waals surface area contributed by atoms with E-state index in [1.165, 1.54) is 44.9 Å². The van der Waals surface area contributed by atoms with Gasteiger partial charge < -0.3 is 9.84 Å². The fourth-order valence-corrected chi connectivity index (χ4v) is 5.59. The molecule has 4 nitrogen and oxygen atoms in total. The molecule has 2 aliphatic heterocycles. The van der Waals surface area contributed by atoms with E-state index in [1.54, 1.807) is 0 Å². The zero-order valence-electron chi connectivity index (χ0n) is 12.8. The van der Waals surface area contributed by atoms with Crippen molar-refractivity contribution in [1.82, 2.24) is 4.90 Å². The first-order valence-corrected chi connectivity index (χ1v) is 8.82. The van der Waals surface area contributed by atoms with Crippen molar-refractivity contribution in [3.8, 4) is 0 Å². The number of carbonyl (C=O) groups is 1. The number of carboxylic acid groups (broad SMARTS) is 1. The summed E-state index contributed by atoms with van der Waals surface area (Å²) in [6, 6.07) is -0.249. The van der Waals surface area contributed by atoms with Gasteiger partial charge in [0.15, 0.2) is 0 Å². The highest BCUT2D eigenvalue weighted by atomic mass is 16.5. The van der Waals surface area contributed by atoms with Crippen molar-refractivity contribution in [1.29, 1.82) is 0 Å². The summed E-state index contributed by atoms with van der Waals surface area (Å²) in [5, 5.41) is 9.63. The van der Waals surface area contributed by atoms with E-state index in [0.717, 1.165) is 25.9 Å². The number of hydrogen-bond donors (Lipinski definition) is 1. The van der Waals surface area contributed by atoms with Gasteiger partial charge in [0.1, 0.15) is 6.04 Å². The molecule has 0 aromatic rings. The predicted molar refractivity (Wildman–Crippen MR) is 79.1 cm³/mol. The maximum Gasteiger partial charge on any atom is 0.321 e. The Morgan fingerprint density at radius 3 is 2.71 bits per heavy atom. The number of hydrogen-bond acceptors (Lipinski definition) is 3. The van der Waals surface area contributed by atoms with Crippen LogP contribution in [0.1, 0.15) is 57.8 Å². The molecule has 4 atom stereocenters. The predicted octanol–water partition coefficient (Wildman–Crippen LogP) is 2.66. The van der Waals surface area contributed by atoms with Crippen molar-refractivity contribution >= 4 is 5.97 Å². The summed E-state index contributed by atoms with van der Waals surface area (Å²) < 4.78 is 6.39. The Bertz CT molecular complexity index is 418. The maximum absolute atomic E-state index is 11.7. The monoisotopic (exact) mass is 293 g/mol. The van der Waals surface area contributed by atoms with Crippen molar-refractivity contribution < 1.29 is 14.6 Å². The van der Waals surface area contributed by atoms with E-state index in [2.05, 4.69) is 4.90 Å². The quantitative estimate of drug-likeness (QED) is 0.869. The van der Waals surface area contributed by atoms with Gasteiger partial charge >= 0.3 is 5.97 Å². The number of rotatable bonds is 3. The van der Waals surface area contributed by atoms with Crippen LogP contribution in [-0.4, -0.2) is 46.8 Å². The second-order valence-electron chi connectivity index (χ2n) is 7.76. The molecule has 4 heteroatoms. The van der Waals surface area contributed by atoms with Gasteiger partial charge in [0.2, 0.25) is 0 Å². The largest absolute Gasteiger partial charge is 0.480 e. The van der Waals surface area contributed by atoms with Gasteiger partial charge in [-0.1, -0.05) is 19.3 Å². The summed E-state index contributed by atoms with van der Waals surface area (Å²) in [7, 11) is 0. The van der Waals surface area contributed by atoms with Gasteiger partial charge in [-0.15, -0.1) is 0 Å². The minimum atomic E-state index is -0.613. The molecule has 0 radical (unpaired) electrons. The van der Waals surface area contributed by atoms with Crippen LogP contribution in [0.2, 0.25) is 0 Å². The summed E-state index contributed by atoms with van der Waals surface area (Å²) >= 11 is 0. The third-order valence-corrected chi connectivity index (χ3v) is 6.53. The fraction of sp³-hybridized carbons (Fsp3) is 0.941. The summed E-state index contributed by atoms with van der Waals surface area (Å²) in [6.45, 7) is 1.82. The van der Waals surface area contributed by atoms with Crippen molar-refractivity contribution in [2.24, 2.45) is 11.8 Å². The van der Waals surface area contributed by atoms with E-state index in [0.29, 0.717) is 11.8 Å². The van der Waals surface area contributed by atoms with Crippen molar-refractivity contribution in [3.63, 3.8) is 0 Å². The molecule has 4 rings (SSSR count). The lowest BCUT2D eigenvalue weighted by Gasteiger charge is -2.29. The van der Waals surface area contributed by atoms with Crippen LogP contribution < -0.4 is 0 Å². The number of aliphatic carboxylic acids is 1. The van der Waals surface area contributed by atoms with Gasteiger partial charge in [-0.25, -0.2) is 0 Å². The van der Waals surface area contributed by atoms with Gasteiger partial charge in [-0.05, 0) is 50.4 Å². The molecule has 1 N–H and O–H groups in total. The second-order valence-corrected chi connectivity index (χ2v) is 7.76. The minimum absolute atomic E-state index is 0.166. The average molecular weight is 293 g/mol. The van der Waals surface area contributed by atoms with Crippen LogP contribution in [-0.2, 0) is 9.53 Å². The molecule has 0 amide bonds. The molecular formula is C17H27NO3. The van der Waals surface area contributed by atoms with E-state index in [1.807, 2.05) is 0 Å². The Morgan fingerprint density at radius 1 is 1.14 bits per heavy atom. The molecule has 4 aliphatic rings. The van der Waals surface area contributed by atoms with Crippen molar-refractivity contribution in [3.05, 3.63) is 0 Å². The minimum Gasteiger partial charge on any atom is -0.480 e. The third kappa shape index (κ3) is 2.40. The molecule has 2 aliphatic carbocycles. The third-order valence-electron chi connectivity index (χ3n) is 6.53. The van der Waals surface area contributed by atoms with E-state index in [4.69, 9.17) is 4.74 Å². The van der Waals surface area contributed by atoms with Gasteiger partial charge in [0.25, 0.3) is 0 Å². The SMILES string of the molecule is O=C(O)C1C2CCCC2CN1CC1CCC2(CCCC2)O1. The highest BCUT2D eigenvalue weighted by Crippen LogP contribution is 2.46. The lowest BCUT2D eigenvalue weighted by atomic mass is 9.94. The Balaban J connectivity index is 1.41. The zero-order chi connectivity index (χ0) is 14.4. The molecule has 1 spiro atoms. The molecule has 2 saturated heterocycles. The number of likely N-dealkylation sites (tertiary alicyclic amines) is 1. The van der Waals surface area contributed by atoms with Crippen LogP contribution in [0, 0.1) is 11.8 Å². The van der Waals surface area contributed by atoms with Gasteiger partial charge in [0, 0.05) is 13.1 Å². The normalized spacial score (nSPS) is 41.9. The van der Waals surface area contributed by atoms with Crippen LogP contribution in [0.3, 0.4) is 0 Å². The zero-order valence-corrected chi connectivity index (χ0v) is 12.8. The van der Waals surface area contributed by atoms with E-state index < -0.39 is 5.97 Å². The summed E-state index contributed by atoms with van der Waals surface area (Å²) in [5.74, 6) is 0.398. The van der Waals surface area contributed by atoms with Gasteiger partial charge in [0.05, 0.1) is 11.7 Å². The lowest BCUT2D eigenvalue weighted by molar-refractivity contribution is -0.144. The number of ether oxygens (including phenoxy) is 1. The van der Waals surface area contributed by atoms with Crippen molar-refractivity contribution in [2.45, 2.75) is 75.5 Å². The number of fused-ring (bicyclic) bond motifs is 1. The standard InChI is InChI=1S/C17H27NO3/c19-16(20)15-14-5-3-4-12(14)10-18(15)11-13-6-9-17(21-13)7-1-2-8-17/h12-15H,1-11H2,(H,19,20). The number of nitrogens with zero attached hydrogens (tertiary/aromatic N) is 1. The van der Waals surface area contributed by atoms with E-state index in [9.17, 15) is 9.90 Å². The molecule has 0 aromatic carbocycles. The van der Waals surface area contributed by atoms with Crippen LogP contribution in [0.4, 0.5) is 0 Å². The van der Waals surface area contributed by atoms with E-state index >= 15 is 0 Å². The second kappa shape index (κ2) is 5.24. The Morgan fingerprint density at radius 2 is 1.95 bits per heavy atom. The van der Waals surface area contributed by atoms with Crippen molar-refractivity contribution in [2.75, 3.05) is 13.1 Å². The first-order valence-electron chi connectivity index (χ1n) is 8.82. The Labute approximate surface area is 126 Å². The maximum atomic E-state index is 11.7. The first-order chi connectivity index (χ1) is 10.2. The highest BCUT2D eigenvalue weighted by molar-refractivity contribution is 5.74. The molecule has 2 saturated carbocycles. The summed E-state index contributed by atoms with van der Waals surface area (Å²) in [4.78, 5) is 13.9. The van der Waals surface area contributed by atoms with Crippen LogP contribution >= 0.6 is 0 Å². The Hall–Kier alpha value is -0.610. The Kier molecular flexibility index (Phi) is 3.49. The summed E-state index contributed by atoms with van der Waals surface area (Å²) in [5.41, 5.74) is 0.166. The smallest absolute Gasteiger partial charge is 0.321 e. The van der Waals surface area contributed by atoms with Crippen LogP contribution in [0.25, 0.3) is 0 Å². The molecule has 118 valence electrons. The van der Waals surface area contributed by atoms with Gasteiger partial charge in [-0.2, -0.15) is 0 Å². The van der Waals surface area contributed by atoms with E-state index in [-0.39, 0.29) is 17.7 Å². The molecule has 0 bridgehead atoms. The molecular weight excluding hydrogens is 266 g/mol. The average Bonchev–Trinajstić information content (AvgIpc) is 3.16. The molecule has 4 unspecified atom stereocenters. The van der Waals surface area contributed by atoms with Gasteiger partial charge in [-0.3, -0.25) is 9.69 Å². The molecule has 21 heavy (non-hydrogen) atoms. The molecule has 4 fully saturated rings. The summed E-state index contributed by atoms with van der Waals surface area (Å²) in [6.07, 6.45) is 11.2. The topological polar surface area (TPSA) is 49.8 Å².